The van der Waals surface area contributed by atoms with E-state index in [0.29, 0.717) is 11.1 Å². The molecule has 0 fully saturated rings. The second-order valence-electron chi connectivity index (χ2n) is 5.20. The molecule has 0 bridgehead atoms. The summed E-state index contributed by atoms with van der Waals surface area (Å²) in [6.07, 6.45) is 3.09. The number of rotatable bonds is 4. The van der Waals surface area contributed by atoms with E-state index in [4.69, 9.17) is 0 Å². The summed E-state index contributed by atoms with van der Waals surface area (Å²) in [7, 11) is 0. The van der Waals surface area contributed by atoms with Crippen molar-refractivity contribution >= 4 is 11.9 Å². The van der Waals surface area contributed by atoms with Crippen molar-refractivity contribution in [2.75, 3.05) is 0 Å². The van der Waals surface area contributed by atoms with Crippen molar-refractivity contribution in [2.45, 2.75) is 0 Å². The second kappa shape index (κ2) is 6.84. The third-order valence-corrected chi connectivity index (χ3v) is 3.55. The number of hydrogen-bond acceptors (Lipinski definition) is 1. The van der Waals surface area contributed by atoms with Crippen molar-refractivity contribution in [3.05, 3.63) is 102 Å². The molecule has 112 valence electrons. The Bertz CT molecular complexity index is 833. The average molecular weight is 302 g/mol. The molecule has 0 saturated heterocycles. The van der Waals surface area contributed by atoms with E-state index in [9.17, 15) is 9.18 Å². The highest BCUT2D eigenvalue weighted by molar-refractivity contribution is 6.07. The Labute approximate surface area is 134 Å². The van der Waals surface area contributed by atoms with Gasteiger partial charge in [0.05, 0.1) is 0 Å². The maximum absolute atomic E-state index is 13.1. The topological polar surface area (TPSA) is 17.1 Å². The van der Waals surface area contributed by atoms with Gasteiger partial charge in [0, 0.05) is 5.56 Å². The van der Waals surface area contributed by atoms with E-state index in [2.05, 4.69) is 0 Å². The summed E-state index contributed by atoms with van der Waals surface area (Å²) in [4.78, 5) is 12.2. The molecule has 23 heavy (non-hydrogen) atoms. The maximum atomic E-state index is 13.1. The van der Waals surface area contributed by atoms with Crippen LogP contribution in [0.15, 0.2) is 84.9 Å². The molecule has 0 aliphatic carbocycles. The van der Waals surface area contributed by atoms with E-state index in [1.165, 1.54) is 18.2 Å². The second-order valence-corrected chi connectivity index (χ2v) is 5.20. The normalized spacial score (nSPS) is 10.8. The SMILES string of the molecule is O=C(C=Cc1cccc(F)c1)c1ccc(-c2ccccc2)cc1. The van der Waals surface area contributed by atoms with Crippen molar-refractivity contribution < 1.29 is 9.18 Å². The molecule has 3 aromatic rings. The zero-order valence-electron chi connectivity index (χ0n) is 12.4. The molecular weight excluding hydrogens is 287 g/mol. The fourth-order valence-corrected chi connectivity index (χ4v) is 2.34. The van der Waals surface area contributed by atoms with E-state index in [1.807, 2.05) is 42.5 Å². The van der Waals surface area contributed by atoms with Gasteiger partial charge >= 0.3 is 0 Å². The maximum Gasteiger partial charge on any atom is 0.185 e. The Morgan fingerprint density at radius 3 is 2.17 bits per heavy atom. The van der Waals surface area contributed by atoms with Crippen LogP contribution in [0.1, 0.15) is 15.9 Å². The lowest BCUT2D eigenvalue weighted by molar-refractivity contribution is 0.104. The monoisotopic (exact) mass is 302 g/mol. The first-order valence-electron chi connectivity index (χ1n) is 7.36. The van der Waals surface area contributed by atoms with E-state index >= 15 is 0 Å². The number of hydrogen-bond donors (Lipinski definition) is 0. The molecule has 3 rings (SSSR count). The Balaban J connectivity index is 1.75. The molecule has 0 spiro atoms. The van der Waals surface area contributed by atoms with Gasteiger partial charge < -0.3 is 0 Å². The molecule has 0 heterocycles. The van der Waals surface area contributed by atoms with Gasteiger partial charge in [-0.15, -0.1) is 0 Å². The lowest BCUT2D eigenvalue weighted by atomic mass is 10.0. The molecule has 0 atom stereocenters. The van der Waals surface area contributed by atoms with Crippen LogP contribution in [0.3, 0.4) is 0 Å². The van der Waals surface area contributed by atoms with E-state index in [-0.39, 0.29) is 11.6 Å². The van der Waals surface area contributed by atoms with Crippen LogP contribution in [0.2, 0.25) is 0 Å². The highest BCUT2D eigenvalue weighted by Crippen LogP contribution is 2.19. The quantitative estimate of drug-likeness (QED) is 0.466. The van der Waals surface area contributed by atoms with Crippen molar-refractivity contribution in [2.24, 2.45) is 0 Å². The molecule has 0 aliphatic heterocycles. The first kappa shape index (κ1) is 14.9. The fourth-order valence-electron chi connectivity index (χ4n) is 2.34. The lowest BCUT2D eigenvalue weighted by Gasteiger charge is -2.02. The van der Waals surface area contributed by atoms with Gasteiger partial charge in [0.2, 0.25) is 0 Å². The molecule has 1 nitrogen and oxygen atoms in total. The minimum absolute atomic E-state index is 0.103. The Morgan fingerprint density at radius 1 is 0.783 bits per heavy atom. The largest absolute Gasteiger partial charge is 0.289 e. The van der Waals surface area contributed by atoms with Crippen LogP contribution >= 0.6 is 0 Å². The highest BCUT2D eigenvalue weighted by Gasteiger charge is 2.03. The van der Waals surface area contributed by atoms with E-state index in [0.717, 1.165) is 11.1 Å². The summed E-state index contributed by atoms with van der Waals surface area (Å²) in [6, 6.07) is 23.6. The van der Waals surface area contributed by atoms with Gasteiger partial charge in [-0.1, -0.05) is 72.8 Å². The Kier molecular flexibility index (Phi) is 4.44. The first-order chi connectivity index (χ1) is 11.2. The fraction of sp³-hybridized carbons (Fsp3) is 0. The Hall–Kier alpha value is -3.00. The Morgan fingerprint density at radius 2 is 1.48 bits per heavy atom. The third kappa shape index (κ3) is 3.80. The third-order valence-electron chi connectivity index (χ3n) is 3.55. The van der Waals surface area contributed by atoms with Crippen LogP contribution in [0.25, 0.3) is 17.2 Å². The van der Waals surface area contributed by atoms with E-state index in [1.54, 1.807) is 30.3 Å². The molecule has 0 amide bonds. The minimum Gasteiger partial charge on any atom is -0.289 e. The zero-order chi connectivity index (χ0) is 16.1. The van der Waals surface area contributed by atoms with Gasteiger partial charge in [-0.25, -0.2) is 4.39 Å². The van der Waals surface area contributed by atoms with Gasteiger partial charge in [-0.3, -0.25) is 4.79 Å². The number of benzene rings is 3. The number of ketones is 1. The summed E-state index contributed by atoms with van der Waals surface area (Å²) >= 11 is 0. The van der Waals surface area contributed by atoms with Crippen LogP contribution < -0.4 is 0 Å². The molecular formula is C21H15FO. The number of allylic oxidation sites excluding steroid dienone is 1. The van der Waals surface area contributed by atoms with Gasteiger partial charge in [0.25, 0.3) is 0 Å². The summed E-state index contributed by atoms with van der Waals surface area (Å²) < 4.78 is 13.1. The van der Waals surface area contributed by atoms with Crippen molar-refractivity contribution in [3.63, 3.8) is 0 Å². The predicted octanol–water partition coefficient (Wildman–Crippen LogP) is 5.39. The van der Waals surface area contributed by atoms with Crippen LogP contribution in [-0.4, -0.2) is 5.78 Å². The van der Waals surface area contributed by atoms with Crippen molar-refractivity contribution in [1.82, 2.24) is 0 Å². The number of carbonyl (C=O) groups excluding carboxylic acids is 1. The number of carbonyl (C=O) groups is 1. The smallest absolute Gasteiger partial charge is 0.185 e. The molecule has 0 aromatic heterocycles. The summed E-state index contributed by atoms with van der Waals surface area (Å²) in [5.74, 6) is -0.416. The standard InChI is InChI=1S/C21H15FO/c22-20-8-4-5-16(15-20)9-14-21(23)19-12-10-18(11-13-19)17-6-2-1-3-7-17/h1-15H. The first-order valence-corrected chi connectivity index (χ1v) is 7.36. The van der Waals surface area contributed by atoms with Crippen LogP contribution in [-0.2, 0) is 0 Å². The van der Waals surface area contributed by atoms with Gasteiger partial charge in [0.15, 0.2) is 5.78 Å². The zero-order valence-corrected chi connectivity index (χ0v) is 12.4. The molecule has 0 unspecified atom stereocenters. The molecule has 0 radical (unpaired) electrons. The molecule has 0 saturated carbocycles. The van der Waals surface area contributed by atoms with Gasteiger partial charge in [-0.2, -0.15) is 0 Å². The van der Waals surface area contributed by atoms with Gasteiger partial charge in [0.1, 0.15) is 5.82 Å². The minimum atomic E-state index is -0.313. The molecule has 0 aliphatic rings. The molecule has 2 heteroatoms. The predicted molar refractivity (Wildman–Crippen MR) is 91.6 cm³/mol. The lowest BCUT2D eigenvalue weighted by Crippen LogP contribution is -1.93. The average Bonchev–Trinajstić information content (AvgIpc) is 2.61. The highest BCUT2D eigenvalue weighted by atomic mass is 19.1. The van der Waals surface area contributed by atoms with Gasteiger partial charge in [-0.05, 0) is 34.9 Å². The van der Waals surface area contributed by atoms with Crippen LogP contribution in [0.4, 0.5) is 4.39 Å². The van der Waals surface area contributed by atoms with Crippen LogP contribution in [0.5, 0.6) is 0 Å². The summed E-state index contributed by atoms with van der Waals surface area (Å²) in [6.45, 7) is 0. The summed E-state index contributed by atoms with van der Waals surface area (Å²) in [5.41, 5.74) is 3.45. The van der Waals surface area contributed by atoms with Crippen molar-refractivity contribution in [1.29, 1.82) is 0 Å². The molecule has 0 N–H and O–H groups in total. The van der Waals surface area contributed by atoms with E-state index < -0.39 is 0 Å². The number of halogens is 1. The molecule has 3 aromatic carbocycles. The van der Waals surface area contributed by atoms with Crippen molar-refractivity contribution in [3.8, 4) is 11.1 Å². The summed E-state index contributed by atoms with van der Waals surface area (Å²) in [5, 5.41) is 0. The van der Waals surface area contributed by atoms with Crippen LogP contribution in [0, 0.1) is 5.82 Å².